The zero-order chi connectivity index (χ0) is 44.3. The maximum absolute atomic E-state index is 11.7. The van der Waals surface area contributed by atoms with Gasteiger partial charge < -0.3 is 9.97 Å². The van der Waals surface area contributed by atoms with Crippen LogP contribution in [0.4, 0.5) is 0 Å². The van der Waals surface area contributed by atoms with Gasteiger partial charge in [-0.25, -0.2) is 9.97 Å². The number of aromatic nitrogens is 4. The Bertz CT molecular complexity index is 3150. The fourth-order valence-corrected chi connectivity index (χ4v) is 10.7. The topological polar surface area (TPSA) is 71.1 Å². The molecule has 3 aromatic heterocycles. The Morgan fingerprint density at radius 1 is 0.453 bits per heavy atom. The van der Waals surface area contributed by atoms with E-state index in [0.717, 1.165) is 102 Å². The molecule has 0 N–H and O–H groups in total. The molecule has 5 heterocycles. The van der Waals surface area contributed by atoms with Crippen molar-refractivity contribution in [3.05, 3.63) is 163 Å². The molecule has 2 aliphatic heterocycles. The molecule has 0 atom stereocenters. The third-order valence-electron chi connectivity index (χ3n) is 12.3. The molecular formula is C57H52N4OSZn. The Balaban J connectivity index is 0.00000560. The average molecular weight is 907 g/mol. The third-order valence-corrected chi connectivity index (χ3v) is 13.1. The Hall–Kier alpha value is -5.88. The monoisotopic (exact) mass is 904 g/mol. The van der Waals surface area contributed by atoms with Crippen molar-refractivity contribution in [1.29, 1.82) is 0 Å². The van der Waals surface area contributed by atoms with Crippen LogP contribution in [-0.2, 0) is 30.7 Å². The van der Waals surface area contributed by atoms with Gasteiger partial charge in [0.1, 0.15) is 0 Å². The molecule has 314 valence electrons. The maximum Gasteiger partial charge on any atom is 2.00 e. The molecule has 5 nitrogen and oxygen atoms in total. The van der Waals surface area contributed by atoms with Crippen LogP contribution in [-0.4, -0.2) is 20.8 Å². The van der Waals surface area contributed by atoms with E-state index in [2.05, 4.69) is 172 Å². The molecular weight excluding hydrogens is 854 g/mol. The first kappa shape index (κ1) is 44.7. The van der Waals surface area contributed by atoms with Gasteiger partial charge in [-0.15, -0.1) is 22.1 Å². The number of rotatable bonds is 7. The fourth-order valence-electron chi connectivity index (χ4n) is 10.0. The summed E-state index contributed by atoms with van der Waals surface area (Å²) < 4.78 is 0. The van der Waals surface area contributed by atoms with Gasteiger partial charge in [0.15, 0.2) is 5.12 Å². The number of hydrogen-bond donors (Lipinski definition) is 0. The molecule has 0 amide bonds. The first-order valence-electron chi connectivity index (χ1n) is 21.8. The number of thioether (sulfide) groups is 1. The number of carbonyl (C=O) groups is 1. The molecule has 0 aliphatic carbocycles. The summed E-state index contributed by atoms with van der Waals surface area (Å²) in [4.78, 5) is 33.9. The normalized spacial score (nSPS) is 11.9. The number of aryl methyl sites for hydroxylation is 10. The SMILES string of the molecule is CC(=O)SCCc1ccc(-c2c3nc(c(-c4c(C)cc(C)cc4C)c4ccc([n-]4)c(-c4c(C)cc(C)cc4C)c4nc(c(-c5c(C)cc(C)cc5C)c5ccc2[n-]5)C=C4)C=C3)cc1.[Zn+2]. The second kappa shape index (κ2) is 17.9. The van der Waals surface area contributed by atoms with Crippen LogP contribution >= 0.6 is 11.8 Å². The molecule has 0 spiro atoms. The summed E-state index contributed by atoms with van der Waals surface area (Å²) >= 11 is 1.36. The smallest absolute Gasteiger partial charge is 0.657 e. The molecule has 0 radical (unpaired) electrons. The van der Waals surface area contributed by atoms with Crippen molar-refractivity contribution in [3.63, 3.8) is 0 Å². The van der Waals surface area contributed by atoms with Crippen LogP contribution < -0.4 is 9.97 Å². The van der Waals surface area contributed by atoms with Gasteiger partial charge in [0, 0.05) is 12.7 Å². The zero-order valence-electron chi connectivity index (χ0n) is 38.6. The summed E-state index contributed by atoms with van der Waals surface area (Å²) in [7, 11) is 0. The van der Waals surface area contributed by atoms with Crippen LogP contribution in [0.25, 0.3) is 90.9 Å². The van der Waals surface area contributed by atoms with Crippen molar-refractivity contribution >= 4 is 63.2 Å². The first-order valence-corrected chi connectivity index (χ1v) is 22.8. The van der Waals surface area contributed by atoms with Crippen LogP contribution in [0.3, 0.4) is 0 Å². The molecule has 4 aromatic carbocycles. The Kier molecular flexibility index (Phi) is 12.5. The quantitative estimate of drug-likeness (QED) is 0.148. The van der Waals surface area contributed by atoms with Crippen molar-refractivity contribution in [1.82, 2.24) is 19.9 Å². The number of fused-ring (bicyclic) bond motifs is 8. The molecule has 9 rings (SSSR count). The van der Waals surface area contributed by atoms with Gasteiger partial charge in [-0.1, -0.05) is 113 Å². The second-order valence-corrected chi connectivity index (χ2v) is 18.7. The maximum atomic E-state index is 11.7. The van der Waals surface area contributed by atoms with E-state index in [1.54, 1.807) is 6.92 Å². The third kappa shape index (κ3) is 8.44. The predicted molar refractivity (Wildman–Crippen MR) is 268 cm³/mol. The van der Waals surface area contributed by atoms with E-state index in [9.17, 15) is 4.79 Å². The molecule has 64 heavy (non-hydrogen) atoms. The Morgan fingerprint density at radius 2 is 0.766 bits per heavy atom. The number of hydrogen-bond acceptors (Lipinski definition) is 4. The summed E-state index contributed by atoms with van der Waals surface area (Å²) in [5, 5.41) is 0.139. The number of nitrogens with zero attached hydrogens (tertiary/aromatic N) is 4. The van der Waals surface area contributed by atoms with Crippen LogP contribution in [0.15, 0.2) is 84.9 Å². The van der Waals surface area contributed by atoms with E-state index >= 15 is 0 Å². The van der Waals surface area contributed by atoms with Gasteiger partial charge in [-0.05, 0) is 176 Å². The minimum Gasteiger partial charge on any atom is -0.657 e. The van der Waals surface area contributed by atoms with E-state index in [1.807, 2.05) is 0 Å². The molecule has 0 fully saturated rings. The van der Waals surface area contributed by atoms with E-state index in [-0.39, 0.29) is 24.6 Å². The summed E-state index contributed by atoms with van der Waals surface area (Å²) in [6.07, 6.45) is 9.41. The molecule has 7 heteroatoms. The Morgan fingerprint density at radius 3 is 1.09 bits per heavy atom. The molecule has 0 saturated carbocycles. The van der Waals surface area contributed by atoms with Crippen LogP contribution in [0.5, 0.6) is 0 Å². The van der Waals surface area contributed by atoms with E-state index in [1.165, 1.54) is 67.4 Å². The first-order chi connectivity index (χ1) is 30.2. The molecule has 7 aromatic rings. The van der Waals surface area contributed by atoms with E-state index in [4.69, 9.17) is 19.9 Å². The van der Waals surface area contributed by atoms with Crippen molar-refractivity contribution in [2.24, 2.45) is 0 Å². The zero-order valence-corrected chi connectivity index (χ0v) is 42.4. The van der Waals surface area contributed by atoms with Crippen molar-refractivity contribution in [2.45, 2.75) is 75.7 Å². The van der Waals surface area contributed by atoms with Crippen molar-refractivity contribution in [2.75, 3.05) is 5.75 Å². The summed E-state index contributed by atoms with van der Waals surface area (Å²) in [5.41, 5.74) is 27.2. The molecule has 0 unspecified atom stereocenters. The largest absolute Gasteiger partial charge is 2.00 e. The molecule has 8 bridgehead atoms. The van der Waals surface area contributed by atoms with Crippen LogP contribution in [0.1, 0.15) is 85.3 Å². The Labute approximate surface area is 394 Å². The fraction of sp³-hybridized carbons (Fsp3) is 0.211. The van der Waals surface area contributed by atoms with Crippen molar-refractivity contribution < 1.29 is 24.3 Å². The minimum absolute atomic E-state index is 0. The summed E-state index contributed by atoms with van der Waals surface area (Å²) in [6, 6.07) is 30.8. The van der Waals surface area contributed by atoms with Crippen LogP contribution in [0, 0.1) is 62.3 Å². The number of carbonyl (C=O) groups excluding carboxylic acids is 1. The van der Waals surface area contributed by atoms with E-state index in [0.29, 0.717) is 0 Å². The van der Waals surface area contributed by atoms with Crippen LogP contribution in [0.2, 0.25) is 0 Å². The van der Waals surface area contributed by atoms with E-state index < -0.39 is 0 Å². The number of benzene rings is 4. The van der Waals surface area contributed by atoms with Crippen molar-refractivity contribution in [3.8, 4) is 44.5 Å². The average Bonchev–Trinajstić information content (AvgIpc) is 4.05. The van der Waals surface area contributed by atoms with Gasteiger partial charge >= 0.3 is 19.5 Å². The van der Waals surface area contributed by atoms with Gasteiger partial charge in [-0.2, -0.15) is 0 Å². The molecule has 2 aliphatic rings. The molecule has 0 saturated heterocycles. The van der Waals surface area contributed by atoms with Gasteiger partial charge in [0.05, 0.1) is 22.8 Å². The minimum atomic E-state index is 0. The van der Waals surface area contributed by atoms with Gasteiger partial charge in [-0.3, -0.25) is 4.79 Å². The van der Waals surface area contributed by atoms with Gasteiger partial charge in [0.25, 0.3) is 0 Å². The van der Waals surface area contributed by atoms with Gasteiger partial charge in [0.2, 0.25) is 0 Å². The predicted octanol–water partition coefficient (Wildman–Crippen LogP) is 14.2. The second-order valence-electron chi connectivity index (χ2n) is 17.5. The standard InChI is InChI=1S/C57H52N4OS.Zn/c1-31-25-34(4)51(35(5)26-31)55-45-17-15-43(58-45)54(42-13-11-41(12-14-42)23-24-63-40(10)62)44-16-18-46(59-44)56(52-36(6)27-32(2)28-37(52)7)48-20-22-50(61-48)57(49-21-19-47(55)60-49)53-38(8)29-33(3)30-39(53)9;/h11-22,25-30H,23-24H2,1-10H3;/q-2;+2. The summed E-state index contributed by atoms with van der Waals surface area (Å²) in [6.45, 7) is 21.2. The summed E-state index contributed by atoms with van der Waals surface area (Å²) in [5.74, 6) is 0.748.